The Morgan fingerprint density at radius 3 is 2.37 bits per heavy atom. The zero-order valence-corrected chi connectivity index (χ0v) is 12.4. The van der Waals surface area contributed by atoms with Crippen LogP contribution < -0.4 is 0 Å². The summed E-state index contributed by atoms with van der Waals surface area (Å²) in [5.41, 5.74) is -0.748. The summed E-state index contributed by atoms with van der Waals surface area (Å²) in [5, 5.41) is 19.5. The molecule has 0 aromatic carbocycles. The van der Waals surface area contributed by atoms with Gasteiger partial charge in [-0.15, -0.1) is 0 Å². The highest BCUT2D eigenvalue weighted by Crippen LogP contribution is 2.44. The molecule has 0 saturated heterocycles. The molecular formula is C15H28O4. The molecule has 1 unspecified atom stereocenters. The molecule has 2 N–H and O–H groups in total. The lowest BCUT2D eigenvalue weighted by Gasteiger charge is -2.39. The Morgan fingerprint density at radius 1 is 1.37 bits per heavy atom. The first kappa shape index (κ1) is 16.4. The van der Waals surface area contributed by atoms with E-state index in [0.717, 1.165) is 12.8 Å². The largest absolute Gasteiger partial charge is 0.481 e. The van der Waals surface area contributed by atoms with E-state index in [-0.39, 0.29) is 6.61 Å². The second-order valence-corrected chi connectivity index (χ2v) is 6.18. The highest BCUT2D eigenvalue weighted by atomic mass is 16.5. The first-order valence-electron chi connectivity index (χ1n) is 7.40. The average Bonchev–Trinajstić information content (AvgIpc) is 2.36. The summed E-state index contributed by atoms with van der Waals surface area (Å²) in [6.45, 7) is 7.05. The third-order valence-electron chi connectivity index (χ3n) is 4.52. The van der Waals surface area contributed by atoms with Crippen LogP contribution in [0.15, 0.2) is 0 Å². The van der Waals surface area contributed by atoms with E-state index >= 15 is 0 Å². The Labute approximate surface area is 116 Å². The van der Waals surface area contributed by atoms with Crippen molar-refractivity contribution in [2.75, 3.05) is 13.2 Å². The van der Waals surface area contributed by atoms with Crippen LogP contribution in [0.5, 0.6) is 0 Å². The maximum absolute atomic E-state index is 11.6. The molecule has 4 heteroatoms. The lowest BCUT2D eigenvalue weighted by Crippen LogP contribution is -2.40. The fraction of sp³-hybridized carbons (Fsp3) is 0.933. The summed E-state index contributed by atoms with van der Waals surface area (Å²) in [5.74, 6) is 0.474. The smallest absolute Gasteiger partial charge is 0.309 e. The van der Waals surface area contributed by atoms with Crippen LogP contribution in [0, 0.1) is 17.3 Å². The highest BCUT2D eigenvalue weighted by Gasteiger charge is 2.43. The summed E-state index contributed by atoms with van der Waals surface area (Å²) >= 11 is 0. The molecule has 0 heterocycles. The van der Waals surface area contributed by atoms with Crippen molar-refractivity contribution in [2.24, 2.45) is 17.3 Å². The van der Waals surface area contributed by atoms with Gasteiger partial charge in [-0.3, -0.25) is 4.79 Å². The van der Waals surface area contributed by atoms with E-state index in [9.17, 15) is 15.0 Å². The third-order valence-corrected chi connectivity index (χ3v) is 4.52. The van der Waals surface area contributed by atoms with Gasteiger partial charge in [0.15, 0.2) is 0 Å². The molecule has 1 atom stereocenters. The van der Waals surface area contributed by atoms with E-state index in [4.69, 9.17) is 4.74 Å². The number of ether oxygens (including phenoxy) is 1. The van der Waals surface area contributed by atoms with Crippen LogP contribution >= 0.6 is 0 Å². The topological polar surface area (TPSA) is 66.8 Å². The second-order valence-electron chi connectivity index (χ2n) is 6.18. The lowest BCUT2D eigenvalue weighted by atomic mass is 9.65. The molecule has 19 heavy (non-hydrogen) atoms. The Balaban J connectivity index is 2.60. The van der Waals surface area contributed by atoms with E-state index in [2.05, 4.69) is 13.8 Å². The predicted octanol–water partition coefficient (Wildman–Crippen LogP) is 2.69. The Hall–Kier alpha value is -0.610. The molecule has 0 aromatic rings. The molecule has 0 bridgehead atoms. The molecule has 0 amide bonds. The zero-order valence-electron chi connectivity index (χ0n) is 12.4. The predicted molar refractivity (Wildman–Crippen MR) is 74.0 cm³/mol. The fourth-order valence-electron chi connectivity index (χ4n) is 3.13. The van der Waals surface area contributed by atoms with Crippen molar-refractivity contribution in [3.8, 4) is 0 Å². The van der Waals surface area contributed by atoms with Crippen LogP contribution in [0.4, 0.5) is 0 Å². The normalized spacial score (nSPS) is 29.4. The Morgan fingerprint density at radius 2 is 1.95 bits per heavy atom. The summed E-state index contributed by atoms with van der Waals surface area (Å²) < 4.78 is 5.18. The van der Waals surface area contributed by atoms with E-state index in [1.165, 1.54) is 0 Å². The number of carbonyl (C=O) groups is 1. The van der Waals surface area contributed by atoms with Gasteiger partial charge < -0.3 is 14.9 Å². The van der Waals surface area contributed by atoms with Gasteiger partial charge in [0.1, 0.15) is 0 Å². The molecule has 1 saturated carbocycles. The lowest BCUT2D eigenvalue weighted by molar-refractivity contribution is -0.155. The molecule has 0 aliphatic heterocycles. The van der Waals surface area contributed by atoms with Crippen LogP contribution in [0.1, 0.15) is 52.9 Å². The first-order chi connectivity index (χ1) is 8.91. The van der Waals surface area contributed by atoms with Crippen LogP contribution in [-0.4, -0.2) is 35.5 Å². The SMILES string of the molecule is CCOCC(O)CC1(C(=O)O)CCC(C(C)C)CC1. The number of aliphatic hydroxyl groups is 1. The molecule has 1 aliphatic carbocycles. The molecule has 1 rings (SSSR count). The molecule has 0 aromatic heterocycles. The fourth-order valence-corrected chi connectivity index (χ4v) is 3.13. The van der Waals surface area contributed by atoms with Gasteiger partial charge >= 0.3 is 5.97 Å². The summed E-state index contributed by atoms with van der Waals surface area (Å²) in [6.07, 6.45) is 2.89. The van der Waals surface area contributed by atoms with Gasteiger partial charge in [0.2, 0.25) is 0 Å². The molecule has 0 spiro atoms. The van der Waals surface area contributed by atoms with Crippen molar-refractivity contribution in [2.45, 2.75) is 59.0 Å². The van der Waals surface area contributed by atoms with E-state index in [1.807, 2.05) is 6.92 Å². The number of carboxylic acid groups (broad SMARTS) is 1. The minimum atomic E-state index is -0.759. The third kappa shape index (κ3) is 4.46. The minimum absolute atomic E-state index is 0.235. The molecule has 1 fully saturated rings. The molecular weight excluding hydrogens is 244 g/mol. The highest BCUT2D eigenvalue weighted by molar-refractivity contribution is 5.74. The van der Waals surface area contributed by atoms with Crippen molar-refractivity contribution < 1.29 is 19.7 Å². The molecule has 1 aliphatic rings. The zero-order chi connectivity index (χ0) is 14.5. The van der Waals surface area contributed by atoms with Gasteiger partial charge in [0.05, 0.1) is 18.1 Å². The maximum atomic E-state index is 11.6. The average molecular weight is 272 g/mol. The molecule has 4 nitrogen and oxygen atoms in total. The number of rotatable bonds is 7. The summed E-state index contributed by atoms with van der Waals surface area (Å²) in [4.78, 5) is 11.6. The van der Waals surface area contributed by atoms with Gasteiger partial charge in [-0.05, 0) is 50.9 Å². The van der Waals surface area contributed by atoms with E-state index in [1.54, 1.807) is 0 Å². The number of hydrogen-bond acceptors (Lipinski definition) is 3. The molecule has 112 valence electrons. The van der Waals surface area contributed by atoms with Gasteiger partial charge in [0.25, 0.3) is 0 Å². The van der Waals surface area contributed by atoms with Crippen LogP contribution in [-0.2, 0) is 9.53 Å². The van der Waals surface area contributed by atoms with Gasteiger partial charge in [-0.1, -0.05) is 13.8 Å². The van der Waals surface area contributed by atoms with Crippen LogP contribution in [0.25, 0.3) is 0 Å². The standard InChI is InChI=1S/C15H28O4/c1-4-19-10-13(16)9-15(14(17)18)7-5-12(6-8-15)11(2)3/h11-13,16H,4-10H2,1-3H3,(H,17,18). The van der Waals surface area contributed by atoms with E-state index in [0.29, 0.717) is 37.7 Å². The Kier molecular flexibility index (Phi) is 6.27. The molecule has 0 radical (unpaired) electrons. The minimum Gasteiger partial charge on any atom is -0.481 e. The number of carboxylic acids is 1. The number of aliphatic carboxylic acids is 1. The van der Waals surface area contributed by atoms with Gasteiger partial charge in [-0.2, -0.15) is 0 Å². The van der Waals surface area contributed by atoms with Crippen molar-refractivity contribution in [3.05, 3.63) is 0 Å². The van der Waals surface area contributed by atoms with Crippen molar-refractivity contribution in [3.63, 3.8) is 0 Å². The van der Waals surface area contributed by atoms with Crippen molar-refractivity contribution in [1.29, 1.82) is 0 Å². The number of aliphatic hydroxyl groups excluding tert-OH is 1. The Bertz CT molecular complexity index is 280. The van der Waals surface area contributed by atoms with E-state index < -0.39 is 17.5 Å². The van der Waals surface area contributed by atoms with Crippen LogP contribution in [0.2, 0.25) is 0 Å². The first-order valence-corrected chi connectivity index (χ1v) is 7.40. The second kappa shape index (κ2) is 7.25. The van der Waals surface area contributed by atoms with Gasteiger partial charge in [0, 0.05) is 6.61 Å². The van der Waals surface area contributed by atoms with Gasteiger partial charge in [-0.25, -0.2) is 0 Å². The number of hydrogen-bond donors (Lipinski definition) is 2. The van der Waals surface area contributed by atoms with Crippen molar-refractivity contribution in [1.82, 2.24) is 0 Å². The summed E-state index contributed by atoms with van der Waals surface area (Å²) in [6, 6.07) is 0. The van der Waals surface area contributed by atoms with Crippen LogP contribution in [0.3, 0.4) is 0 Å². The van der Waals surface area contributed by atoms with Crippen molar-refractivity contribution >= 4 is 5.97 Å². The summed E-state index contributed by atoms with van der Waals surface area (Å²) in [7, 11) is 0. The quantitative estimate of drug-likeness (QED) is 0.747. The maximum Gasteiger partial charge on any atom is 0.309 e. The monoisotopic (exact) mass is 272 g/mol.